The van der Waals surface area contributed by atoms with Crippen molar-refractivity contribution in [2.75, 3.05) is 0 Å². The van der Waals surface area contributed by atoms with Crippen LogP contribution in [0.3, 0.4) is 0 Å². The number of para-hydroxylation sites is 1. The first-order valence-electron chi connectivity index (χ1n) is 5.54. The maximum Gasteiger partial charge on any atom is 0.123 e. The van der Waals surface area contributed by atoms with Crippen molar-refractivity contribution in [3.63, 3.8) is 0 Å². The van der Waals surface area contributed by atoms with Gasteiger partial charge < -0.3 is 5.11 Å². The van der Waals surface area contributed by atoms with E-state index in [2.05, 4.69) is 10.3 Å². The van der Waals surface area contributed by atoms with Crippen LogP contribution in [0.1, 0.15) is 5.56 Å². The first kappa shape index (κ1) is 11.1. The van der Waals surface area contributed by atoms with Gasteiger partial charge in [-0.15, -0.1) is 16.4 Å². The molecule has 0 saturated carbocycles. The highest BCUT2D eigenvalue weighted by Crippen LogP contribution is 2.23. The van der Waals surface area contributed by atoms with E-state index >= 15 is 0 Å². The lowest BCUT2D eigenvalue weighted by Crippen LogP contribution is -2.00. The van der Waals surface area contributed by atoms with Crippen molar-refractivity contribution in [3.8, 4) is 16.3 Å². The Morgan fingerprint density at radius 3 is 2.83 bits per heavy atom. The number of aliphatic hydroxyl groups excluding tert-OH is 1. The second kappa shape index (κ2) is 4.72. The molecule has 18 heavy (non-hydrogen) atoms. The zero-order valence-corrected chi connectivity index (χ0v) is 10.3. The molecule has 0 fully saturated rings. The van der Waals surface area contributed by atoms with E-state index in [0.29, 0.717) is 0 Å². The maximum absolute atomic E-state index is 9.31. The third-order valence-electron chi connectivity index (χ3n) is 2.68. The highest BCUT2D eigenvalue weighted by Gasteiger charge is 2.08. The highest BCUT2D eigenvalue weighted by atomic mass is 32.1. The van der Waals surface area contributed by atoms with Crippen LogP contribution in [0.15, 0.2) is 48.0 Å². The van der Waals surface area contributed by atoms with Gasteiger partial charge >= 0.3 is 0 Å². The molecule has 2 heterocycles. The standard InChI is InChI=1S/C13H11N3OS/c17-9-10-4-1-2-5-12(10)16-8-11(14-15-16)13-6-3-7-18-13/h1-8,17H,9H2. The van der Waals surface area contributed by atoms with Crippen molar-refractivity contribution >= 4 is 11.3 Å². The number of hydrogen-bond donors (Lipinski definition) is 1. The van der Waals surface area contributed by atoms with E-state index in [4.69, 9.17) is 0 Å². The van der Waals surface area contributed by atoms with Crippen molar-refractivity contribution in [1.82, 2.24) is 15.0 Å². The van der Waals surface area contributed by atoms with Gasteiger partial charge in [0.05, 0.1) is 23.4 Å². The first-order chi connectivity index (χ1) is 8.88. The summed E-state index contributed by atoms with van der Waals surface area (Å²) in [5.41, 5.74) is 2.54. The first-order valence-corrected chi connectivity index (χ1v) is 6.42. The highest BCUT2D eigenvalue weighted by molar-refractivity contribution is 7.13. The van der Waals surface area contributed by atoms with E-state index in [-0.39, 0.29) is 6.61 Å². The van der Waals surface area contributed by atoms with Crippen LogP contribution in [-0.4, -0.2) is 20.1 Å². The zero-order valence-electron chi connectivity index (χ0n) is 9.52. The summed E-state index contributed by atoms with van der Waals surface area (Å²) in [4.78, 5) is 1.09. The lowest BCUT2D eigenvalue weighted by Gasteiger charge is -2.05. The Balaban J connectivity index is 2.03. The number of rotatable bonds is 3. The van der Waals surface area contributed by atoms with Gasteiger partial charge in [-0.3, -0.25) is 0 Å². The summed E-state index contributed by atoms with van der Waals surface area (Å²) in [5.74, 6) is 0. The molecule has 3 rings (SSSR count). The molecule has 0 saturated heterocycles. The van der Waals surface area contributed by atoms with Gasteiger partial charge in [0.2, 0.25) is 0 Å². The molecule has 4 nitrogen and oxygen atoms in total. The quantitative estimate of drug-likeness (QED) is 0.784. The molecule has 5 heteroatoms. The van der Waals surface area contributed by atoms with Gasteiger partial charge in [-0.2, -0.15) is 0 Å². The van der Waals surface area contributed by atoms with Crippen LogP contribution < -0.4 is 0 Å². The third-order valence-corrected chi connectivity index (χ3v) is 3.57. The number of hydrogen-bond acceptors (Lipinski definition) is 4. The summed E-state index contributed by atoms with van der Waals surface area (Å²) in [6.45, 7) is -0.00955. The third kappa shape index (κ3) is 1.94. The van der Waals surface area contributed by atoms with Crippen LogP contribution in [0, 0.1) is 0 Å². The van der Waals surface area contributed by atoms with Gasteiger partial charge in [0.15, 0.2) is 0 Å². The van der Waals surface area contributed by atoms with Crippen LogP contribution in [0.5, 0.6) is 0 Å². The molecule has 0 spiro atoms. The fraction of sp³-hybridized carbons (Fsp3) is 0.0769. The minimum Gasteiger partial charge on any atom is -0.392 e. The Hall–Kier alpha value is -1.98. The van der Waals surface area contributed by atoms with Gasteiger partial charge in [-0.1, -0.05) is 29.5 Å². The predicted octanol–water partition coefficient (Wildman–Crippen LogP) is 2.49. The fourth-order valence-corrected chi connectivity index (χ4v) is 2.46. The maximum atomic E-state index is 9.31. The second-order valence-corrected chi connectivity index (χ2v) is 4.76. The van der Waals surface area contributed by atoms with Gasteiger partial charge in [0.1, 0.15) is 5.69 Å². The minimum absolute atomic E-state index is 0.00955. The Bertz CT molecular complexity index is 646. The van der Waals surface area contributed by atoms with Crippen molar-refractivity contribution in [3.05, 3.63) is 53.5 Å². The molecule has 0 atom stereocenters. The molecule has 0 amide bonds. The summed E-state index contributed by atoms with van der Waals surface area (Å²) in [7, 11) is 0. The van der Waals surface area contributed by atoms with Crippen LogP contribution in [-0.2, 0) is 6.61 Å². The smallest absolute Gasteiger partial charge is 0.123 e. The average Bonchev–Trinajstić information content (AvgIpc) is 3.09. The van der Waals surface area contributed by atoms with Crippen LogP contribution in [0.4, 0.5) is 0 Å². The van der Waals surface area contributed by atoms with Crippen molar-refractivity contribution in [2.24, 2.45) is 0 Å². The van der Waals surface area contributed by atoms with Crippen LogP contribution >= 0.6 is 11.3 Å². The van der Waals surface area contributed by atoms with Gasteiger partial charge in [-0.05, 0) is 17.5 Å². The molecule has 0 aliphatic heterocycles. The topological polar surface area (TPSA) is 50.9 Å². The van der Waals surface area contributed by atoms with E-state index < -0.39 is 0 Å². The monoisotopic (exact) mass is 257 g/mol. The summed E-state index contributed by atoms with van der Waals surface area (Å²) in [6, 6.07) is 11.6. The molecule has 1 aromatic carbocycles. The van der Waals surface area contributed by atoms with Gasteiger partial charge in [-0.25, -0.2) is 4.68 Å². The Kier molecular flexibility index (Phi) is 2.92. The van der Waals surface area contributed by atoms with Crippen molar-refractivity contribution in [1.29, 1.82) is 0 Å². The molecule has 90 valence electrons. The van der Waals surface area contributed by atoms with Gasteiger partial charge in [0.25, 0.3) is 0 Å². The Morgan fingerprint density at radius 2 is 2.06 bits per heavy atom. The number of nitrogens with zero attached hydrogens (tertiary/aromatic N) is 3. The van der Waals surface area contributed by atoms with E-state index in [1.165, 1.54) is 0 Å². The summed E-state index contributed by atoms with van der Waals surface area (Å²) < 4.78 is 1.70. The molecule has 0 aliphatic carbocycles. The second-order valence-electron chi connectivity index (χ2n) is 3.81. The zero-order chi connectivity index (χ0) is 12.4. The summed E-state index contributed by atoms with van der Waals surface area (Å²) in [6.07, 6.45) is 1.88. The molecule has 0 unspecified atom stereocenters. The van der Waals surface area contributed by atoms with Gasteiger partial charge in [0, 0.05) is 5.56 Å². The fourth-order valence-electron chi connectivity index (χ4n) is 1.79. The molecule has 1 N–H and O–H groups in total. The van der Waals surface area contributed by atoms with Crippen molar-refractivity contribution in [2.45, 2.75) is 6.61 Å². The summed E-state index contributed by atoms with van der Waals surface area (Å²) >= 11 is 1.63. The van der Waals surface area contributed by atoms with E-state index in [9.17, 15) is 5.11 Å². The van der Waals surface area contributed by atoms with Crippen LogP contribution in [0.25, 0.3) is 16.3 Å². The number of aromatic nitrogens is 3. The van der Waals surface area contributed by atoms with E-state index in [1.807, 2.05) is 48.0 Å². The van der Waals surface area contributed by atoms with Crippen LogP contribution in [0.2, 0.25) is 0 Å². The molecule has 0 bridgehead atoms. The molecular weight excluding hydrogens is 246 g/mol. The normalized spacial score (nSPS) is 10.7. The molecule has 0 radical (unpaired) electrons. The largest absolute Gasteiger partial charge is 0.392 e. The molecular formula is C13H11N3OS. The lowest BCUT2D eigenvalue weighted by molar-refractivity contribution is 0.281. The Labute approximate surface area is 108 Å². The molecule has 0 aliphatic rings. The summed E-state index contributed by atoms with van der Waals surface area (Å²) in [5, 5.41) is 19.6. The Morgan fingerprint density at radius 1 is 1.17 bits per heavy atom. The number of thiophene rings is 1. The molecule has 2 aromatic heterocycles. The SMILES string of the molecule is OCc1ccccc1-n1cc(-c2cccs2)nn1. The lowest BCUT2D eigenvalue weighted by atomic mass is 10.2. The average molecular weight is 257 g/mol. The predicted molar refractivity (Wildman–Crippen MR) is 70.6 cm³/mol. The molecule has 3 aromatic rings. The minimum atomic E-state index is -0.00955. The van der Waals surface area contributed by atoms with Crippen molar-refractivity contribution < 1.29 is 5.11 Å². The van der Waals surface area contributed by atoms with E-state index in [1.54, 1.807) is 16.0 Å². The number of aliphatic hydroxyl groups is 1. The number of benzene rings is 1. The van der Waals surface area contributed by atoms with E-state index in [0.717, 1.165) is 21.8 Å².